The van der Waals surface area contributed by atoms with Crippen LogP contribution in [0.5, 0.6) is 0 Å². The van der Waals surface area contributed by atoms with Crippen LogP contribution < -0.4 is 10.6 Å². The highest BCUT2D eigenvalue weighted by Gasteiger charge is 2.19. The highest BCUT2D eigenvalue weighted by Crippen LogP contribution is 2.22. The molecule has 23 heavy (non-hydrogen) atoms. The van der Waals surface area contributed by atoms with Gasteiger partial charge in [0.25, 0.3) is 0 Å². The molecule has 0 aromatic carbocycles. The Morgan fingerprint density at radius 3 is 2.57 bits per heavy atom. The van der Waals surface area contributed by atoms with E-state index in [-0.39, 0.29) is 5.41 Å². The van der Waals surface area contributed by atoms with Gasteiger partial charge in [-0.2, -0.15) is 0 Å². The van der Waals surface area contributed by atoms with Crippen molar-refractivity contribution < 1.29 is 4.42 Å². The Morgan fingerprint density at radius 1 is 1.30 bits per heavy atom. The van der Waals surface area contributed by atoms with Gasteiger partial charge in [0.05, 0.1) is 12.7 Å². The summed E-state index contributed by atoms with van der Waals surface area (Å²) < 4.78 is 5.79. The molecule has 0 aliphatic carbocycles. The van der Waals surface area contributed by atoms with Gasteiger partial charge >= 0.3 is 0 Å². The summed E-state index contributed by atoms with van der Waals surface area (Å²) >= 11 is 0. The number of nitrogens with zero attached hydrogens (tertiary/aromatic N) is 2. The van der Waals surface area contributed by atoms with E-state index < -0.39 is 0 Å². The second kappa shape index (κ2) is 9.58. The van der Waals surface area contributed by atoms with Gasteiger partial charge in [0.1, 0.15) is 5.76 Å². The van der Waals surface area contributed by atoms with Gasteiger partial charge < -0.3 is 15.1 Å². The van der Waals surface area contributed by atoms with E-state index >= 15 is 0 Å². The fraction of sp³-hybridized carbons (Fsp3) is 0.778. The lowest BCUT2D eigenvalue weighted by Crippen LogP contribution is -2.39. The average Bonchev–Trinajstić information content (AvgIpc) is 2.99. The van der Waals surface area contributed by atoms with Crippen LogP contribution in [0.3, 0.4) is 0 Å². The molecule has 1 aromatic heterocycles. The summed E-state index contributed by atoms with van der Waals surface area (Å²) in [5, 5.41) is 6.67. The Balaban J connectivity index is 2.43. The highest BCUT2D eigenvalue weighted by molar-refractivity contribution is 5.79. The van der Waals surface area contributed by atoms with E-state index in [1.165, 1.54) is 25.7 Å². The summed E-state index contributed by atoms with van der Waals surface area (Å²) in [6.07, 6.45) is 6.82. The molecular formula is C18H34N4O. The first-order valence-corrected chi connectivity index (χ1v) is 8.80. The van der Waals surface area contributed by atoms with Crippen molar-refractivity contribution in [3.8, 4) is 0 Å². The minimum Gasteiger partial charge on any atom is -0.443 e. The fourth-order valence-corrected chi connectivity index (χ4v) is 2.30. The molecule has 132 valence electrons. The van der Waals surface area contributed by atoms with Crippen LogP contribution in [0.25, 0.3) is 0 Å². The lowest BCUT2D eigenvalue weighted by atomic mass is 9.94. The largest absolute Gasteiger partial charge is 0.443 e. The molecule has 5 heteroatoms. The number of aliphatic imine (C=N–C) groups is 1. The van der Waals surface area contributed by atoms with E-state index in [1.54, 1.807) is 7.05 Å². The maximum absolute atomic E-state index is 5.79. The third-order valence-electron chi connectivity index (χ3n) is 4.02. The summed E-state index contributed by atoms with van der Waals surface area (Å²) in [7, 11) is 1.79. The zero-order valence-corrected chi connectivity index (χ0v) is 15.7. The van der Waals surface area contributed by atoms with Gasteiger partial charge in [0.15, 0.2) is 5.96 Å². The average molecular weight is 322 g/mol. The molecule has 0 bridgehead atoms. The maximum atomic E-state index is 5.79. The third kappa shape index (κ3) is 7.06. The normalized spacial score (nSPS) is 13.9. The molecule has 1 rings (SSSR count). The van der Waals surface area contributed by atoms with Crippen LogP contribution in [0.1, 0.15) is 72.0 Å². The molecule has 0 radical (unpaired) electrons. The van der Waals surface area contributed by atoms with Crippen molar-refractivity contribution in [1.29, 1.82) is 0 Å². The van der Waals surface area contributed by atoms with E-state index in [4.69, 9.17) is 4.42 Å². The van der Waals surface area contributed by atoms with Crippen LogP contribution >= 0.6 is 0 Å². The quantitative estimate of drug-likeness (QED) is 0.563. The molecule has 0 aliphatic heterocycles. The second-order valence-corrected chi connectivity index (χ2v) is 7.09. The lowest BCUT2D eigenvalue weighted by Gasteiger charge is -2.17. The van der Waals surface area contributed by atoms with Crippen molar-refractivity contribution in [1.82, 2.24) is 15.6 Å². The zero-order valence-electron chi connectivity index (χ0n) is 15.7. The van der Waals surface area contributed by atoms with Crippen LogP contribution in [-0.4, -0.2) is 24.5 Å². The molecule has 0 saturated carbocycles. The van der Waals surface area contributed by atoms with Gasteiger partial charge in [-0.1, -0.05) is 53.9 Å². The monoisotopic (exact) mass is 322 g/mol. The standard InChI is InChI=1S/C18H34N4O/c1-7-9-10-14(8-2)11-21-17(19-6)22-13-16-20-12-15(23-16)18(3,4)5/h12,14H,7-11,13H2,1-6H3,(H2,19,21,22). The fourth-order valence-electron chi connectivity index (χ4n) is 2.30. The minimum atomic E-state index is -0.0151. The van der Waals surface area contributed by atoms with Crippen molar-refractivity contribution in [2.75, 3.05) is 13.6 Å². The van der Waals surface area contributed by atoms with Gasteiger partial charge in [-0.05, 0) is 12.3 Å². The predicted molar refractivity (Wildman–Crippen MR) is 96.7 cm³/mol. The first-order valence-electron chi connectivity index (χ1n) is 8.80. The Kier molecular flexibility index (Phi) is 8.13. The first kappa shape index (κ1) is 19.5. The topological polar surface area (TPSA) is 62.5 Å². The van der Waals surface area contributed by atoms with Crippen LogP contribution in [0.2, 0.25) is 0 Å². The smallest absolute Gasteiger partial charge is 0.213 e. The molecule has 1 aromatic rings. The van der Waals surface area contributed by atoms with E-state index in [0.717, 1.165) is 18.3 Å². The second-order valence-electron chi connectivity index (χ2n) is 7.09. The van der Waals surface area contributed by atoms with Crippen LogP contribution in [-0.2, 0) is 12.0 Å². The number of unbranched alkanes of at least 4 members (excludes halogenated alkanes) is 1. The first-order chi connectivity index (χ1) is 10.9. The predicted octanol–water partition coefficient (Wildman–Crippen LogP) is 3.85. The van der Waals surface area contributed by atoms with Crippen molar-refractivity contribution in [2.24, 2.45) is 10.9 Å². The Labute approximate surface area is 141 Å². The molecule has 1 heterocycles. The Bertz CT molecular complexity index is 474. The molecule has 0 aliphatic rings. The van der Waals surface area contributed by atoms with E-state index in [9.17, 15) is 0 Å². The van der Waals surface area contributed by atoms with E-state index in [1.807, 2.05) is 6.20 Å². The number of hydrogen-bond acceptors (Lipinski definition) is 3. The van der Waals surface area contributed by atoms with Crippen molar-refractivity contribution in [3.63, 3.8) is 0 Å². The van der Waals surface area contributed by atoms with E-state index in [0.29, 0.717) is 18.4 Å². The molecule has 1 atom stereocenters. The number of guanidine groups is 1. The van der Waals surface area contributed by atoms with Gasteiger partial charge in [-0.25, -0.2) is 4.98 Å². The number of hydrogen-bond donors (Lipinski definition) is 2. The molecule has 0 amide bonds. The van der Waals surface area contributed by atoms with Crippen LogP contribution in [0, 0.1) is 5.92 Å². The Morgan fingerprint density at radius 2 is 2.04 bits per heavy atom. The lowest BCUT2D eigenvalue weighted by molar-refractivity contribution is 0.379. The zero-order chi connectivity index (χ0) is 17.3. The third-order valence-corrected chi connectivity index (χ3v) is 4.02. The van der Waals surface area contributed by atoms with E-state index in [2.05, 4.69) is 55.2 Å². The van der Waals surface area contributed by atoms with Gasteiger partial charge in [0, 0.05) is 19.0 Å². The van der Waals surface area contributed by atoms with Gasteiger partial charge in [-0.15, -0.1) is 0 Å². The summed E-state index contributed by atoms with van der Waals surface area (Å²) in [6, 6.07) is 0. The number of nitrogens with one attached hydrogen (secondary N) is 2. The molecule has 2 N–H and O–H groups in total. The summed E-state index contributed by atoms with van der Waals surface area (Å²) in [4.78, 5) is 8.60. The van der Waals surface area contributed by atoms with Crippen LogP contribution in [0.4, 0.5) is 0 Å². The molecule has 0 spiro atoms. The Hall–Kier alpha value is -1.52. The SMILES string of the molecule is CCCCC(CC)CNC(=NC)NCc1ncc(C(C)(C)C)o1. The van der Waals surface area contributed by atoms with Crippen LogP contribution in [0.15, 0.2) is 15.6 Å². The molecule has 1 unspecified atom stereocenters. The van der Waals surface area contributed by atoms with Crippen molar-refractivity contribution >= 4 is 5.96 Å². The van der Waals surface area contributed by atoms with Crippen molar-refractivity contribution in [3.05, 3.63) is 17.8 Å². The number of rotatable bonds is 8. The summed E-state index contributed by atoms with van der Waals surface area (Å²) in [6.45, 7) is 12.3. The maximum Gasteiger partial charge on any atom is 0.213 e. The highest BCUT2D eigenvalue weighted by atomic mass is 16.4. The van der Waals surface area contributed by atoms with Gasteiger partial charge in [-0.3, -0.25) is 4.99 Å². The molecule has 0 saturated heterocycles. The number of oxazole rings is 1. The minimum absolute atomic E-state index is 0.0151. The summed E-state index contributed by atoms with van der Waals surface area (Å²) in [5.74, 6) is 3.09. The molecule has 5 nitrogen and oxygen atoms in total. The van der Waals surface area contributed by atoms with Crippen molar-refractivity contribution in [2.45, 2.75) is 72.3 Å². The number of aromatic nitrogens is 1. The summed E-state index contributed by atoms with van der Waals surface area (Å²) in [5.41, 5.74) is -0.0151. The molecule has 0 fully saturated rings. The molecular weight excluding hydrogens is 288 g/mol. The van der Waals surface area contributed by atoms with Gasteiger partial charge in [0.2, 0.25) is 5.89 Å².